The van der Waals surface area contributed by atoms with Crippen LogP contribution in [0.15, 0.2) is 45.1 Å². The predicted octanol–water partition coefficient (Wildman–Crippen LogP) is 6.25. The van der Waals surface area contributed by atoms with Gasteiger partial charge in [-0.15, -0.1) is 11.3 Å². The van der Waals surface area contributed by atoms with Crippen molar-refractivity contribution in [1.29, 1.82) is 0 Å². The number of sulfone groups is 1. The van der Waals surface area contributed by atoms with Gasteiger partial charge in [-0.2, -0.15) is 0 Å². The summed E-state index contributed by atoms with van der Waals surface area (Å²) < 4.78 is 28.2. The van der Waals surface area contributed by atoms with Crippen molar-refractivity contribution in [3.8, 4) is 11.3 Å². The van der Waals surface area contributed by atoms with Crippen molar-refractivity contribution in [2.45, 2.75) is 50.7 Å². The van der Waals surface area contributed by atoms with Crippen LogP contribution in [-0.4, -0.2) is 31.7 Å². The summed E-state index contributed by atoms with van der Waals surface area (Å²) in [6.07, 6.45) is 1.25. The van der Waals surface area contributed by atoms with E-state index < -0.39 is 9.84 Å². The van der Waals surface area contributed by atoms with Gasteiger partial charge in [-0.3, -0.25) is 0 Å². The Morgan fingerprint density at radius 2 is 1.68 bits per heavy atom. The van der Waals surface area contributed by atoms with Crippen LogP contribution in [0.25, 0.3) is 11.3 Å². The Morgan fingerprint density at radius 1 is 1.03 bits per heavy atom. The third-order valence-corrected chi connectivity index (χ3v) is 10.3. The lowest BCUT2D eigenvalue weighted by molar-refractivity contribution is 0.528. The Balaban J connectivity index is 1.52. The summed E-state index contributed by atoms with van der Waals surface area (Å²) in [4.78, 5) is 7.59. The SMILES string of the molecule is Cc1cc(C)c(C)c(S(=O)(=O)C2CCN(c3nc(-c4cccc(Br)c4)cs3)CC2)c1C. The molecule has 164 valence electrons. The topological polar surface area (TPSA) is 50.3 Å². The zero-order valence-electron chi connectivity index (χ0n) is 18.3. The van der Waals surface area contributed by atoms with Gasteiger partial charge in [0.1, 0.15) is 0 Å². The average Bonchev–Trinajstić information content (AvgIpc) is 3.23. The van der Waals surface area contributed by atoms with Crippen LogP contribution in [0, 0.1) is 27.7 Å². The van der Waals surface area contributed by atoms with Crippen molar-refractivity contribution < 1.29 is 8.42 Å². The lowest BCUT2D eigenvalue weighted by Gasteiger charge is -2.32. The fourth-order valence-corrected chi connectivity index (χ4v) is 7.95. The van der Waals surface area contributed by atoms with Crippen LogP contribution in [0.5, 0.6) is 0 Å². The highest BCUT2D eigenvalue weighted by Gasteiger charge is 2.34. The van der Waals surface area contributed by atoms with Crippen LogP contribution in [0.3, 0.4) is 0 Å². The molecule has 1 saturated heterocycles. The van der Waals surface area contributed by atoms with Crippen LogP contribution in [0.4, 0.5) is 5.13 Å². The van der Waals surface area contributed by atoms with Gasteiger partial charge < -0.3 is 4.90 Å². The number of nitrogens with zero attached hydrogens (tertiary/aromatic N) is 2. The normalized spacial score (nSPS) is 15.5. The molecule has 0 radical (unpaired) electrons. The van der Waals surface area contributed by atoms with Crippen molar-refractivity contribution in [3.63, 3.8) is 0 Å². The van der Waals surface area contributed by atoms with Crippen molar-refractivity contribution in [2.75, 3.05) is 18.0 Å². The molecule has 0 spiro atoms. The molecule has 4 nitrogen and oxygen atoms in total. The van der Waals surface area contributed by atoms with Crippen LogP contribution in [0.1, 0.15) is 35.1 Å². The number of halogens is 1. The van der Waals surface area contributed by atoms with E-state index in [4.69, 9.17) is 4.98 Å². The second kappa shape index (κ2) is 8.68. The van der Waals surface area contributed by atoms with Gasteiger partial charge in [0.15, 0.2) is 15.0 Å². The first-order valence-electron chi connectivity index (χ1n) is 10.5. The molecule has 31 heavy (non-hydrogen) atoms. The number of piperidine rings is 1. The summed E-state index contributed by atoms with van der Waals surface area (Å²) in [5.41, 5.74) is 5.91. The molecular weight excluding hydrogens is 492 g/mol. The number of anilines is 1. The quantitative estimate of drug-likeness (QED) is 0.409. The molecule has 1 fully saturated rings. The molecule has 1 aromatic heterocycles. The number of hydrogen-bond donors (Lipinski definition) is 0. The first-order chi connectivity index (χ1) is 14.7. The maximum atomic E-state index is 13.6. The minimum Gasteiger partial charge on any atom is -0.348 e. The third kappa shape index (κ3) is 4.32. The lowest BCUT2D eigenvalue weighted by atomic mass is 10.0. The van der Waals surface area contributed by atoms with Gasteiger partial charge in [-0.05, 0) is 74.9 Å². The number of aryl methyl sites for hydroxylation is 2. The van der Waals surface area contributed by atoms with Gasteiger partial charge in [0, 0.05) is 28.5 Å². The molecule has 0 bridgehead atoms. The van der Waals surface area contributed by atoms with E-state index in [1.54, 1.807) is 11.3 Å². The van der Waals surface area contributed by atoms with Crippen molar-refractivity contribution in [2.24, 2.45) is 0 Å². The third-order valence-electron chi connectivity index (χ3n) is 6.35. The first kappa shape index (κ1) is 22.5. The zero-order valence-corrected chi connectivity index (χ0v) is 21.5. The van der Waals surface area contributed by atoms with Crippen molar-refractivity contribution in [3.05, 3.63) is 62.4 Å². The largest absolute Gasteiger partial charge is 0.348 e. The molecule has 7 heteroatoms. The van der Waals surface area contributed by atoms with E-state index in [9.17, 15) is 8.42 Å². The Kier molecular flexibility index (Phi) is 6.30. The number of hydrogen-bond acceptors (Lipinski definition) is 5. The maximum absolute atomic E-state index is 13.6. The minimum absolute atomic E-state index is 0.341. The molecule has 0 unspecified atom stereocenters. The van der Waals surface area contributed by atoms with Gasteiger partial charge in [0.2, 0.25) is 0 Å². The van der Waals surface area contributed by atoms with Crippen LogP contribution in [-0.2, 0) is 9.84 Å². The zero-order chi connectivity index (χ0) is 22.3. The number of rotatable bonds is 4. The first-order valence-corrected chi connectivity index (χ1v) is 13.7. The Hall–Kier alpha value is -1.70. The summed E-state index contributed by atoms with van der Waals surface area (Å²) in [5.74, 6) is 0. The second-order valence-electron chi connectivity index (χ2n) is 8.35. The Labute approximate surface area is 197 Å². The molecular formula is C24H27BrN2O2S2. The average molecular weight is 520 g/mol. The van der Waals surface area contributed by atoms with E-state index in [0.29, 0.717) is 30.8 Å². The minimum atomic E-state index is -3.37. The van der Waals surface area contributed by atoms with E-state index in [2.05, 4.69) is 44.4 Å². The molecule has 0 aliphatic carbocycles. The molecule has 1 aliphatic heterocycles. The monoisotopic (exact) mass is 518 g/mol. The summed E-state index contributed by atoms with van der Waals surface area (Å²) in [6, 6.07) is 10.2. The van der Waals surface area contributed by atoms with Crippen molar-refractivity contribution >= 4 is 42.2 Å². The summed E-state index contributed by atoms with van der Waals surface area (Å²) in [5, 5.41) is 2.69. The fourth-order valence-electron chi connectivity index (χ4n) is 4.32. The number of benzene rings is 2. The Morgan fingerprint density at radius 3 is 2.29 bits per heavy atom. The van der Waals surface area contributed by atoms with Gasteiger partial charge >= 0.3 is 0 Å². The summed E-state index contributed by atoms with van der Waals surface area (Å²) in [6.45, 7) is 9.27. The maximum Gasteiger partial charge on any atom is 0.185 e. The molecule has 1 aliphatic rings. The fraction of sp³-hybridized carbons (Fsp3) is 0.375. The van der Waals surface area contributed by atoms with Crippen molar-refractivity contribution in [1.82, 2.24) is 4.98 Å². The van der Waals surface area contributed by atoms with E-state index in [1.165, 1.54) is 0 Å². The molecule has 3 aromatic rings. The van der Waals surface area contributed by atoms with Crippen LogP contribution in [0.2, 0.25) is 0 Å². The molecule has 0 N–H and O–H groups in total. The highest BCUT2D eigenvalue weighted by Crippen LogP contribution is 2.35. The van der Waals surface area contributed by atoms with E-state index in [0.717, 1.165) is 43.1 Å². The lowest BCUT2D eigenvalue weighted by Crippen LogP contribution is -2.39. The molecule has 4 rings (SSSR count). The summed E-state index contributed by atoms with van der Waals surface area (Å²) in [7, 11) is -3.37. The summed E-state index contributed by atoms with van der Waals surface area (Å²) >= 11 is 5.14. The van der Waals surface area contributed by atoms with Gasteiger partial charge in [0.25, 0.3) is 0 Å². The van der Waals surface area contributed by atoms with E-state index in [1.807, 2.05) is 39.8 Å². The molecule has 0 atom stereocenters. The molecule has 2 aromatic carbocycles. The molecule has 0 amide bonds. The smallest absolute Gasteiger partial charge is 0.185 e. The molecule has 0 saturated carbocycles. The van der Waals surface area contributed by atoms with Gasteiger partial charge in [-0.25, -0.2) is 13.4 Å². The Bertz CT molecular complexity index is 1200. The number of thiazole rings is 1. The predicted molar refractivity (Wildman–Crippen MR) is 133 cm³/mol. The number of aromatic nitrogens is 1. The second-order valence-corrected chi connectivity index (χ2v) is 12.3. The highest BCUT2D eigenvalue weighted by molar-refractivity contribution is 9.10. The standard InChI is InChI=1S/C24H27BrN2O2S2/c1-15-12-16(2)18(4)23(17(15)3)31(28,29)21-8-10-27(11-9-21)24-26-22(14-30-24)19-6-5-7-20(25)13-19/h5-7,12-14,21H,8-11H2,1-4H3. The highest BCUT2D eigenvalue weighted by atomic mass is 79.9. The van der Waals surface area contributed by atoms with E-state index in [-0.39, 0.29) is 5.25 Å². The van der Waals surface area contributed by atoms with Gasteiger partial charge in [-0.1, -0.05) is 34.1 Å². The van der Waals surface area contributed by atoms with Gasteiger partial charge in [0.05, 0.1) is 15.8 Å². The van der Waals surface area contributed by atoms with Crippen LogP contribution < -0.4 is 4.90 Å². The molecule has 2 heterocycles. The van der Waals surface area contributed by atoms with Crippen LogP contribution >= 0.6 is 27.3 Å². The van der Waals surface area contributed by atoms with E-state index >= 15 is 0 Å².